The van der Waals surface area contributed by atoms with Gasteiger partial charge < -0.3 is 19.7 Å². The van der Waals surface area contributed by atoms with Crippen LogP contribution in [0.2, 0.25) is 0 Å². The zero-order valence-electron chi connectivity index (χ0n) is 13.8. The summed E-state index contributed by atoms with van der Waals surface area (Å²) >= 11 is 0. The molecule has 0 saturated carbocycles. The molecule has 2 rings (SSSR count). The lowest BCUT2D eigenvalue weighted by Gasteiger charge is -2.35. The summed E-state index contributed by atoms with van der Waals surface area (Å²) in [5.41, 5.74) is 0. The zero-order valence-corrected chi connectivity index (χ0v) is 13.8. The maximum atomic E-state index is 12.7. The number of carbonyl (C=O) groups is 1. The minimum Gasteiger partial charge on any atom is -0.494 e. The molecule has 1 aromatic rings. The molecule has 1 N–H and O–H groups in total. The maximum Gasteiger partial charge on any atom is 0.317 e. The molecule has 5 nitrogen and oxygen atoms in total. The summed E-state index contributed by atoms with van der Waals surface area (Å²) in [6.07, 6.45) is 1.82. The molecule has 0 radical (unpaired) electrons. The molecule has 1 saturated heterocycles. The summed E-state index contributed by atoms with van der Waals surface area (Å²) in [5.74, 6) is 0.388. The average molecular weight is 324 g/mol. The van der Waals surface area contributed by atoms with Gasteiger partial charge in [-0.3, -0.25) is 0 Å². The summed E-state index contributed by atoms with van der Waals surface area (Å²) in [4.78, 5) is 13.9. The summed E-state index contributed by atoms with van der Waals surface area (Å²) in [6, 6.07) is 5.93. The van der Waals surface area contributed by atoms with Gasteiger partial charge in [0.25, 0.3) is 0 Å². The Bertz CT molecular complexity index is 485. The van der Waals surface area contributed by atoms with Crippen molar-refractivity contribution >= 4 is 6.03 Å². The molecule has 0 bridgehead atoms. The van der Waals surface area contributed by atoms with Crippen molar-refractivity contribution in [3.63, 3.8) is 0 Å². The summed E-state index contributed by atoms with van der Waals surface area (Å²) in [7, 11) is 0. The number of morpholine rings is 1. The molecule has 0 aromatic heterocycles. The minimum absolute atomic E-state index is 0.0357. The molecule has 0 spiro atoms. The molecule has 2 atom stereocenters. The SMILES string of the molecule is CC1CN(C(=O)NCCCCOc2ccc(F)cc2)CC(C)O1. The first-order valence-electron chi connectivity index (χ1n) is 8.11. The quantitative estimate of drug-likeness (QED) is 0.819. The third kappa shape index (κ3) is 6.06. The van der Waals surface area contributed by atoms with Crippen LogP contribution in [0, 0.1) is 5.82 Å². The monoisotopic (exact) mass is 324 g/mol. The van der Waals surface area contributed by atoms with Crippen LogP contribution in [-0.4, -0.2) is 49.4 Å². The van der Waals surface area contributed by atoms with Crippen molar-refractivity contribution in [2.45, 2.75) is 38.9 Å². The number of urea groups is 1. The van der Waals surface area contributed by atoms with Gasteiger partial charge >= 0.3 is 6.03 Å². The van der Waals surface area contributed by atoms with E-state index in [1.165, 1.54) is 12.1 Å². The van der Waals surface area contributed by atoms with Crippen LogP contribution in [0.5, 0.6) is 5.75 Å². The van der Waals surface area contributed by atoms with Crippen molar-refractivity contribution in [3.8, 4) is 5.75 Å². The Morgan fingerprint density at radius 1 is 1.26 bits per heavy atom. The number of nitrogens with zero attached hydrogens (tertiary/aromatic N) is 1. The molecule has 1 aromatic carbocycles. The molecule has 1 aliphatic heterocycles. The number of benzene rings is 1. The number of unbranched alkanes of at least 4 members (excludes halogenated alkanes) is 1. The predicted octanol–water partition coefficient (Wildman–Crippen LogP) is 2.80. The number of nitrogens with one attached hydrogen (secondary N) is 1. The van der Waals surface area contributed by atoms with Gasteiger partial charge in [0.2, 0.25) is 0 Å². The standard InChI is InChI=1S/C17H25FN2O3/c1-13-11-20(12-14(2)23-13)17(21)19-9-3-4-10-22-16-7-5-15(18)6-8-16/h5-8,13-14H,3-4,9-12H2,1-2H3,(H,19,21). The minimum atomic E-state index is -0.271. The fourth-order valence-electron chi connectivity index (χ4n) is 2.60. The highest BCUT2D eigenvalue weighted by Gasteiger charge is 2.25. The number of ether oxygens (including phenoxy) is 2. The molecule has 6 heteroatoms. The third-order valence-electron chi connectivity index (χ3n) is 3.64. The van der Waals surface area contributed by atoms with Gasteiger partial charge in [0, 0.05) is 19.6 Å². The van der Waals surface area contributed by atoms with Crippen molar-refractivity contribution in [1.82, 2.24) is 10.2 Å². The molecular weight excluding hydrogens is 299 g/mol. The van der Waals surface area contributed by atoms with Crippen molar-refractivity contribution in [2.24, 2.45) is 0 Å². The smallest absolute Gasteiger partial charge is 0.317 e. The Kier molecular flexibility index (Phi) is 6.65. The fraction of sp³-hybridized carbons (Fsp3) is 0.588. The van der Waals surface area contributed by atoms with Gasteiger partial charge in [-0.1, -0.05) is 0 Å². The predicted molar refractivity (Wildman–Crippen MR) is 86.1 cm³/mol. The van der Waals surface area contributed by atoms with Crippen LogP contribution < -0.4 is 10.1 Å². The van der Waals surface area contributed by atoms with E-state index in [-0.39, 0.29) is 24.1 Å². The number of rotatable bonds is 6. The first kappa shape index (κ1) is 17.5. The summed E-state index contributed by atoms with van der Waals surface area (Å²) in [5, 5.41) is 2.93. The van der Waals surface area contributed by atoms with E-state index in [4.69, 9.17) is 9.47 Å². The highest BCUT2D eigenvalue weighted by Crippen LogP contribution is 2.12. The van der Waals surface area contributed by atoms with E-state index in [1.807, 2.05) is 13.8 Å². The van der Waals surface area contributed by atoms with Gasteiger partial charge in [-0.2, -0.15) is 0 Å². The Balaban J connectivity index is 1.56. The van der Waals surface area contributed by atoms with Gasteiger partial charge in [-0.15, -0.1) is 0 Å². The number of hydrogen-bond donors (Lipinski definition) is 1. The third-order valence-corrected chi connectivity index (χ3v) is 3.64. The average Bonchev–Trinajstić information content (AvgIpc) is 2.51. The normalized spacial score (nSPS) is 21.1. The highest BCUT2D eigenvalue weighted by molar-refractivity contribution is 5.74. The first-order chi connectivity index (χ1) is 11.0. The van der Waals surface area contributed by atoms with E-state index in [9.17, 15) is 9.18 Å². The van der Waals surface area contributed by atoms with Crippen molar-refractivity contribution in [2.75, 3.05) is 26.2 Å². The molecule has 128 valence electrons. The van der Waals surface area contributed by atoms with Crippen molar-refractivity contribution in [3.05, 3.63) is 30.1 Å². The summed E-state index contributed by atoms with van der Waals surface area (Å²) in [6.45, 7) is 6.37. The van der Waals surface area contributed by atoms with Crippen LogP contribution in [-0.2, 0) is 4.74 Å². The molecule has 2 amide bonds. The zero-order chi connectivity index (χ0) is 16.7. The first-order valence-corrected chi connectivity index (χ1v) is 8.11. The van der Waals surface area contributed by atoms with Crippen molar-refractivity contribution in [1.29, 1.82) is 0 Å². The molecule has 1 aliphatic rings. The molecule has 23 heavy (non-hydrogen) atoms. The second kappa shape index (κ2) is 8.72. The fourth-order valence-corrected chi connectivity index (χ4v) is 2.60. The van der Waals surface area contributed by atoms with Crippen LogP contribution in [0.25, 0.3) is 0 Å². The van der Waals surface area contributed by atoms with E-state index in [2.05, 4.69) is 5.32 Å². The largest absolute Gasteiger partial charge is 0.494 e. The maximum absolute atomic E-state index is 12.7. The second-order valence-corrected chi connectivity index (χ2v) is 5.90. The molecule has 2 unspecified atom stereocenters. The summed E-state index contributed by atoms with van der Waals surface area (Å²) < 4.78 is 23.9. The molecule has 1 heterocycles. The van der Waals surface area contributed by atoms with Gasteiger partial charge in [0.15, 0.2) is 0 Å². The van der Waals surface area contributed by atoms with E-state index in [1.54, 1.807) is 17.0 Å². The van der Waals surface area contributed by atoms with E-state index in [0.29, 0.717) is 32.0 Å². The Morgan fingerprint density at radius 3 is 2.57 bits per heavy atom. The van der Waals surface area contributed by atoms with Gasteiger partial charge in [-0.25, -0.2) is 9.18 Å². The Morgan fingerprint density at radius 2 is 1.91 bits per heavy atom. The number of amides is 2. The molecule has 0 aliphatic carbocycles. The topological polar surface area (TPSA) is 50.8 Å². The Hall–Kier alpha value is -1.82. The van der Waals surface area contributed by atoms with Crippen LogP contribution in [0.15, 0.2) is 24.3 Å². The van der Waals surface area contributed by atoms with Crippen LogP contribution in [0.3, 0.4) is 0 Å². The van der Waals surface area contributed by atoms with Crippen LogP contribution in [0.4, 0.5) is 9.18 Å². The lowest BCUT2D eigenvalue weighted by Crippen LogP contribution is -2.51. The van der Waals surface area contributed by atoms with Gasteiger partial charge in [-0.05, 0) is 51.0 Å². The Labute approximate surface area is 136 Å². The van der Waals surface area contributed by atoms with Gasteiger partial charge in [0.1, 0.15) is 11.6 Å². The van der Waals surface area contributed by atoms with E-state index >= 15 is 0 Å². The number of carbonyl (C=O) groups excluding carboxylic acids is 1. The lowest BCUT2D eigenvalue weighted by atomic mass is 10.2. The van der Waals surface area contributed by atoms with Crippen molar-refractivity contribution < 1.29 is 18.7 Å². The van der Waals surface area contributed by atoms with E-state index in [0.717, 1.165) is 12.8 Å². The van der Waals surface area contributed by atoms with Crippen LogP contribution in [0.1, 0.15) is 26.7 Å². The van der Waals surface area contributed by atoms with Gasteiger partial charge in [0.05, 0.1) is 18.8 Å². The molecule has 1 fully saturated rings. The highest BCUT2D eigenvalue weighted by atomic mass is 19.1. The molecular formula is C17H25FN2O3. The second-order valence-electron chi connectivity index (χ2n) is 5.90. The number of hydrogen-bond acceptors (Lipinski definition) is 3. The lowest BCUT2D eigenvalue weighted by molar-refractivity contribution is -0.0545. The number of halogens is 1. The van der Waals surface area contributed by atoms with E-state index < -0.39 is 0 Å². The van der Waals surface area contributed by atoms with Crippen LogP contribution >= 0.6 is 0 Å².